The Hall–Kier alpha value is -0.790. The summed E-state index contributed by atoms with van der Waals surface area (Å²) >= 11 is 0. The SMILES string of the molecule is O=C1OC[C@@H]2C1[C@@H]1C=C[C@H]2C1. The maximum Gasteiger partial charge on any atom is 0.309 e. The summed E-state index contributed by atoms with van der Waals surface area (Å²) in [5, 5.41) is 0. The second kappa shape index (κ2) is 1.68. The van der Waals surface area contributed by atoms with Gasteiger partial charge in [0, 0.05) is 5.92 Å². The largest absolute Gasteiger partial charge is 0.465 e. The van der Waals surface area contributed by atoms with E-state index in [-0.39, 0.29) is 11.9 Å². The predicted molar refractivity (Wildman–Crippen MR) is 38.7 cm³/mol. The van der Waals surface area contributed by atoms with Crippen molar-refractivity contribution < 1.29 is 9.53 Å². The fourth-order valence-corrected chi connectivity index (χ4v) is 2.78. The fourth-order valence-electron chi connectivity index (χ4n) is 2.78. The van der Waals surface area contributed by atoms with Gasteiger partial charge in [0.05, 0.1) is 12.5 Å². The monoisotopic (exact) mass is 150 g/mol. The molecule has 3 aliphatic rings. The van der Waals surface area contributed by atoms with Gasteiger partial charge in [-0.2, -0.15) is 0 Å². The average molecular weight is 150 g/mol. The van der Waals surface area contributed by atoms with Gasteiger partial charge in [0.1, 0.15) is 0 Å². The van der Waals surface area contributed by atoms with E-state index >= 15 is 0 Å². The summed E-state index contributed by atoms with van der Waals surface area (Å²) in [6, 6.07) is 0. The van der Waals surface area contributed by atoms with Crippen LogP contribution >= 0.6 is 0 Å². The van der Waals surface area contributed by atoms with Crippen LogP contribution in [0.2, 0.25) is 0 Å². The Bertz CT molecular complexity index is 244. The van der Waals surface area contributed by atoms with Crippen molar-refractivity contribution in [3.05, 3.63) is 12.2 Å². The molecule has 0 aromatic heterocycles. The summed E-state index contributed by atoms with van der Waals surface area (Å²) in [6.07, 6.45) is 5.65. The summed E-state index contributed by atoms with van der Waals surface area (Å²) in [7, 11) is 0. The lowest BCUT2D eigenvalue weighted by molar-refractivity contribution is -0.142. The Morgan fingerprint density at radius 1 is 1.36 bits per heavy atom. The Balaban J connectivity index is 2.03. The summed E-state index contributed by atoms with van der Waals surface area (Å²) in [4.78, 5) is 11.2. The lowest BCUT2D eigenvalue weighted by atomic mass is 9.86. The van der Waals surface area contributed by atoms with Crippen molar-refractivity contribution in [3.8, 4) is 0 Å². The third-order valence-corrected chi connectivity index (χ3v) is 3.31. The summed E-state index contributed by atoms with van der Waals surface area (Å²) in [6.45, 7) is 0.676. The molecule has 11 heavy (non-hydrogen) atoms. The van der Waals surface area contributed by atoms with E-state index in [0.29, 0.717) is 24.4 Å². The van der Waals surface area contributed by atoms with Crippen LogP contribution in [0.3, 0.4) is 0 Å². The summed E-state index contributed by atoms with van der Waals surface area (Å²) < 4.78 is 5.02. The van der Waals surface area contributed by atoms with Crippen LogP contribution in [-0.4, -0.2) is 12.6 Å². The van der Waals surface area contributed by atoms with Gasteiger partial charge in [-0.05, 0) is 18.3 Å². The molecule has 3 rings (SSSR count). The van der Waals surface area contributed by atoms with Crippen LogP contribution in [0.25, 0.3) is 0 Å². The zero-order chi connectivity index (χ0) is 7.42. The predicted octanol–water partition coefficient (Wildman–Crippen LogP) is 0.982. The molecule has 1 heterocycles. The van der Waals surface area contributed by atoms with E-state index in [4.69, 9.17) is 4.74 Å². The van der Waals surface area contributed by atoms with Gasteiger partial charge >= 0.3 is 5.97 Å². The molecule has 2 nitrogen and oxygen atoms in total. The van der Waals surface area contributed by atoms with E-state index < -0.39 is 0 Å². The van der Waals surface area contributed by atoms with Gasteiger partial charge in [-0.25, -0.2) is 0 Å². The van der Waals surface area contributed by atoms with Gasteiger partial charge in [-0.1, -0.05) is 12.2 Å². The molecule has 1 saturated carbocycles. The minimum Gasteiger partial charge on any atom is -0.465 e. The third-order valence-electron chi connectivity index (χ3n) is 3.31. The van der Waals surface area contributed by atoms with Crippen molar-refractivity contribution in [2.24, 2.45) is 23.7 Å². The van der Waals surface area contributed by atoms with E-state index in [1.54, 1.807) is 0 Å². The van der Waals surface area contributed by atoms with Gasteiger partial charge in [0.15, 0.2) is 0 Å². The average Bonchev–Trinajstić information content (AvgIpc) is 2.60. The summed E-state index contributed by atoms with van der Waals surface area (Å²) in [5.41, 5.74) is 0. The molecule has 0 aromatic rings. The number of esters is 1. The quantitative estimate of drug-likeness (QED) is 0.380. The number of fused-ring (bicyclic) bond motifs is 5. The van der Waals surface area contributed by atoms with Gasteiger partial charge in [0.2, 0.25) is 0 Å². The zero-order valence-corrected chi connectivity index (χ0v) is 6.19. The maximum atomic E-state index is 11.2. The third kappa shape index (κ3) is 0.561. The van der Waals surface area contributed by atoms with Crippen LogP contribution in [0.15, 0.2) is 12.2 Å². The number of cyclic esters (lactones) is 1. The van der Waals surface area contributed by atoms with Crippen molar-refractivity contribution in [3.63, 3.8) is 0 Å². The Kier molecular flexibility index (Phi) is 0.888. The highest BCUT2D eigenvalue weighted by Crippen LogP contribution is 2.50. The minimum atomic E-state index is 0.0480. The first kappa shape index (κ1) is 5.81. The fraction of sp³-hybridized carbons (Fsp3) is 0.667. The Morgan fingerprint density at radius 3 is 3.00 bits per heavy atom. The molecule has 4 atom stereocenters. The maximum absolute atomic E-state index is 11.2. The van der Waals surface area contributed by atoms with E-state index in [2.05, 4.69) is 12.2 Å². The summed E-state index contributed by atoms with van der Waals surface area (Å²) in [5.74, 6) is 1.96. The number of ether oxygens (including phenoxy) is 1. The van der Waals surface area contributed by atoms with Gasteiger partial charge in [-0.3, -0.25) is 4.79 Å². The van der Waals surface area contributed by atoms with E-state index in [1.807, 2.05) is 0 Å². The first-order valence-corrected chi connectivity index (χ1v) is 4.21. The molecule has 0 aromatic carbocycles. The first-order chi connectivity index (χ1) is 5.36. The van der Waals surface area contributed by atoms with Crippen molar-refractivity contribution in [1.29, 1.82) is 0 Å². The Morgan fingerprint density at radius 2 is 2.18 bits per heavy atom. The van der Waals surface area contributed by atoms with Crippen LogP contribution in [-0.2, 0) is 9.53 Å². The van der Waals surface area contributed by atoms with Crippen molar-refractivity contribution in [2.75, 3.05) is 6.61 Å². The number of hydrogen-bond donors (Lipinski definition) is 0. The molecular formula is C9H10O2. The van der Waals surface area contributed by atoms with E-state index in [0.717, 1.165) is 0 Å². The molecular weight excluding hydrogens is 140 g/mol. The molecule has 0 N–H and O–H groups in total. The van der Waals surface area contributed by atoms with Crippen LogP contribution in [0, 0.1) is 23.7 Å². The highest BCUT2D eigenvalue weighted by molar-refractivity contribution is 5.76. The normalized spacial score (nSPS) is 51.5. The topological polar surface area (TPSA) is 26.3 Å². The molecule has 0 radical (unpaired) electrons. The first-order valence-electron chi connectivity index (χ1n) is 4.21. The number of carbonyl (C=O) groups is 1. The zero-order valence-electron chi connectivity index (χ0n) is 6.19. The van der Waals surface area contributed by atoms with Crippen molar-refractivity contribution >= 4 is 5.97 Å². The van der Waals surface area contributed by atoms with Gasteiger partial charge < -0.3 is 4.74 Å². The number of carbonyl (C=O) groups excluding carboxylic acids is 1. The number of hydrogen-bond acceptors (Lipinski definition) is 2. The molecule has 2 bridgehead atoms. The van der Waals surface area contributed by atoms with Crippen LogP contribution in [0.1, 0.15) is 6.42 Å². The molecule has 2 fully saturated rings. The second-order valence-electron chi connectivity index (χ2n) is 3.77. The van der Waals surface area contributed by atoms with Gasteiger partial charge in [0.25, 0.3) is 0 Å². The lowest BCUT2D eigenvalue weighted by Gasteiger charge is -2.14. The molecule has 0 spiro atoms. The van der Waals surface area contributed by atoms with Gasteiger partial charge in [-0.15, -0.1) is 0 Å². The molecule has 58 valence electrons. The van der Waals surface area contributed by atoms with Crippen LogP contribution in [0.4, 0.5) is 0 Å². The molecule has 1 aliphatic heterocycles. The number of rotatable bonds is 0. The lowest BCUT2D eigenvalue weighted by Crippen LogP contribution is -2.19. The van der Waals surface area contributed by atoms with E-state index in [9.17, 15) is 4.79 Å². The highest BCUT2D eigenvalue weighted by atomic mass is 16.5. The highest BCUT2D eigenvalue weighted by Gasteiger charge is 2.52. The van der Waals surface area contributed by atoms with Crippen molar-refractivity contribution in [1.82, 2.24) is 0 Å². The van der Waals surface area contributed by atoms with Crippen LogP contribution < -0.4 is 0 Å². The minimum absolute atomic E-state index is 0.0480. The molecule has 0 amide bonds. The van der Waals surface area contributed by atoms with Crippen molar-refractivity contribution in [2.45, 2.75) is 6.42 Å². The molecule has 1 unspecified atom stereocenters. The standard InChI is InChI=1S/C9H10O2/c10-9-8-6-2-1-5(3-6)7(8)4-11-9/h1-2,5-8H,3-4H2/t5-,6+,7-,8?/m0/s1. The molecule has 1 saturated heterocycles. The van der Waals surface area contributed by atoms with E-state index in [1.165, 1.54) is 6.42 Å². The smallest absolute Gasteiger partial charge is 0.309 e. The Labute approximate surface area is 65.2 Å². The van der Waals surface area contributed by atoms with Crippen LogP contribution in [0.5, 0.6) is 0 Å². The molecule has 2 heteroatoms. The second-order valence-corrected chi connectivity index (χ2v) is 3.77. The molecule has 2 aliphatic carbocycles. The number of allylic oxidation sites excluding steroid dienone is 2.